The molecule has 0 radical (unpaired) electrons. The van der Waals surface area contributed by atoms with Crippen LogP contribution in [0.3, 0.4) is 0 Å². The van der Waals surface area contributed by atoms with E-state index in [1.165, 1.54) is 18.2 Å². The lowest BCUT2D eigenvalue weighted by molar-refractivity contribution is -0.142. The van der Waals surface area contributed by atoms with Crippen molar-refractivity contribution in [2.75, 3.05) is 4.90 Å². The number of carbonyl (C=O) groups is 3. The van der Waals surface area contributed by atoms with Gasteiger partial charge in [-0.2, -0.15) is 0 Å². The number of aliphatic carboxylic acids is 1. The van der Waals surface area contributed by atoms with Gasteiger partial charge < -0.3 is 10.2 Å². The Labute approximate surface area is 166 Å². The number of phenolic OH excluding ortho intramolecular Hbond substituents is 1. The molecule has 2 saturated heterocycles. The standard InChI is InChI=1S/C19H14BrFN2O5/c20-8-1-6-12(24)11(7-8)15-13-14(16(22-15)19(27)28)18(26)23(17(13)25)10-4-2-9(21)3-5-10/h1-7,13-16,22,24H,(H,27,28)/t13-,14-,15-,16-/m1/s1. The molecular weight excluding hydrogens is 435 g/mol. The number of halogens is 2. The van der Waals surface area contributed by atoms with E-state index in [2.05, 4.69) is 21.2 Å². The smallest absolute Gasteiger partial charge is 0.321 e. The number of carbonyl (C=O) groups excluding carboxylic acids is 2. The van der Waals surface area contributed by atoms with Crippen LogP contribution in [0.2, 0.25) is 0 Å². The number of carboxylic acids is 1. The first kappa shape index (κ1) is 18.6. The van der Waals surface area contributed by atoms with Crippen LogP contribution in [-0.4, -0.2) is 34.0 Å². The fourth-order valence-electron chi connectivity index (χ4n) is 3.94. The zero-order valence-electron chi connectivity index (χ0n) is 14.2. The first-order chi connectivity index (χ1) is 13.3. The van der Waals surface area contributed by atoms with Crippen molar-refractivity contribution in [2.45, 2.75) is 12.1 Å². The predicted octanol–water partition coefficient (Wildman–Crippen LogP) is 2.20. The zero-order chi connectivity index (χ0) is 20.2. The molecule has 144 valence electrons. The number of anilines is 1. The average molecular weight is 449 g/mol. The highest BCUT2D eigenvalue weighted by atomic mass is 79.9. The van der Waals surface area contributed by atoms with Crippen molar-refractivity contribution in [2.24, 2.45) is 11.8 Å². The maximum atomic E-state index is 13.2. The molecule has 0 spiro atoms. The Hall–Kier alpha value is -2.78. The van der Waals surface area contributed by atoms with E-state index in [0.29, 0.717) is 10.0 Å². The molecule has 2 amide bonds. The highest BCUT2D eigenvalue weighted by Gasteiger charge is 2.61. The summed E-state index contributed by atoms with van der Waals surface area (Å²) >= 11 is 3.29. The van der Waals surface area contributed by atoms with E-state index in [9.17, 15) is 29.0 Å². The normalized spacial score (nSPS) is 26.6. The summed E-state index contributed by atoms with van der Waals surface area (Å²) in [5, 5.41) is 22.6. The van der Waals surface area contributed by atoms with Gasteiger partial charge in [0.25, 0.3) is 0 Å². The molecule has 9 heteroatoms. The van der Waals surface area contributed by atoms with Gasteiger partial charge in [-0.05, 0) is 42.5 Å². The number of nitrogens with one attached hydrogen (secondary N) is 1. The van der Waals surface area contributed by atoms with Gasteiger partial charge in [0.15, 0.2) is 0 Å². The lowest BCUT2D eigenvalue weighted by Crippen LogP contribution is -2.43. The van der Waals surface area contributed by atoms with Gasteiger partial charge in [-0.3, -0.25) is 19.7 Å². The number of benzene rings is 2. The van der Waals surface area contributed by atoms with Gasteiger partial charge in [-0.15, -0.1) is 0 Å². The van der Waals surface area contributed by atoms with E-state index in [0.717, 1.165) is 17.0 Å². The topological polar surface area (TPSA) is 107 Å². The molecule has 2 aromatic rings. The molecule has 0 aromatic heterocycles. The van der Waals surface area contributed by atoms with Gasteiger partial charge in [0, 0.05) is 16.1 Å². The lowest BCUT2D eigenvalue weighted by atomic mass is 9.86. The van der Waals surface area contributed by atoms with Crippen molar-refractivity contribution in [1.29, 1.82) is 0 Å². The van der Waals surface area contributed by atoms with E-state index in [1.54, 1.807) is 12.1 Å². The maximum absolute atomic E-state index is 13.2. The molecule has 2 heterocycles. The van der Waals surface area contributed by atoms with Gasteiger partial charge >= 0.3 is 5.97 Å². The second-order valence-electron chi connectivity index (χ2n) is 6.70. The molecule has 3 N–H and O–H groups in total. The van der Waals surface area contributed by atoms with Crippen LogP contribution in [-0.2, 0) is 14.4 Å². The molecule has 2 fully saturated rings. The van der Waals surface area contributed by atoms with E-state index in [-0.39, 0.29) is 11.4 Å². The summed E-state index contributed by atoms with van der Waals surface area (Å²) < 4.78 is 13.9. The largest absolute Gasteiger partial charge is 0.508 e. The van der Waals surface area contributed by atoms with Gasteiger partial charge in [0.1, 0.15) is 17.6 Å². The van der Waals surface area contributed by atoms with Crippen molar-refractivity contribution >= 4 is 39.4 Å². The average Bonchev–Trinajstić information content (AvgIpc) is 3.16. The Morgan fingerprint density at radius 3 is 2.36 bits per heavy atom. The Bertz CT molecular complexity index is 996. The molecule has 2 aliphatic heterocycles. The summed E-state index contributed by atoms with van der Waals surface area (Å²) in [6.45, 7) is 0. The van der Waals surface area contributed by atoms with E-state index in [1.807, 2.05) is 0 Å². The summed E-state index contributed by atoms with van der Waals surface area (Å²) in [7, 11) is 0. The van der Waals surface area contributed by atoms with Crippen molar-refractivity contribution in [1.82, 2.24) is 5.32 Å². The monoisotopic (exact) mass is 448 g/mol. The van der Waals surface area contributed by atoms with Gasteiger partial charge in [-0.25, -0.2) is 9.29 Å². The van der Waals surface area contributed by atoms with E-state index < -0.39 is 47.5 Å². The lowest BCUT2D eigenvalue weighted by Gasteiger charge is -2.22. The summed E-state index contributed by atoms with van der Waals surface area (Å²) in [6.07, 6.45) is 0. The number of nitrogens with zero attached hydrogens (tertiary/aromatic N) is 1. The number of hydrogen-bond acceptors (Lipinski definition) is 5. The highest BCUT2D eigenvalue weighted by molar-refractivity contribution is 9.10. The third kappa shape index (κ3) is 2.78. The molecule has 4 atom stereocenters. The Balaban J connectivity index is 1.80. The maximum Gasteiger partial charge on any atom is 0.321 e. The number of phenols is 1. The van der Waals surface area contributed by atoms with Crippen LogP contribution in [0, 0.1) is 17.7 Å². The minimum Gasteiger partial charge on any atom is -0.508 e. The summed E-state index contributed by atoms with van der Waals surface area (Å²) in [5.41, 5.74) is 0.488. The summed E-state index contributed by atoms with van der Waals surface area (Å²) in [6, 6.07) is 7.26. The van der Waals surface area contributed by atoms with Crippen LogP contribution >= 0.6 is 15.9 Å². The minimum atomic E-state index is -1.30. The molecule has 0 saturated carbocycles. The van der Waals surface area contributed by atoms with Crippen LogP contribution in [0.15, 0.2) is 46.9 Å². The second-order valence-corrected chi connectivity index (χ2v) is 7.62. The van der Waals surface area contributed by atoms with Crippen molar-refractivity contribution < 1.29 is 29.0 Å². The van der Waals surface area contributed by atoms with E-state index in [4.69, 9.17) is 0 Å². The number of fused-ring (bicyclic) bond motifs is 1. The highest BCUT2D eigenvalue weighted by Crippen LogP contribution is 2.47. The number of rotatable bonds is 3. The second kappa shape index (κ2) is 6.68. The molecule has 2 aliphatic rings. The third-order valence-corrected chi connectivity index (χ3v) is 5.64. The predicted molar refractivity (Wildman–Crippen MR) is 99.0 cm³/mol. The number of amides is 2. The van der Waals surface area contributed by atoms with Crippen LogP contribution in [0.25, 0.3) is 0 Å². The fourth-order valence-corrected chi connectivity index (χ4v) is 4.32. The van der Waals surface area contributed by atoms with Gasteiger partial charge in [0.05, 0.1) is 17.5 Å². The Morgan fingerprint density at radius 1 is 1.07 bits per heavy atom. The van der Waals surface area contributed by atoms with Crippen LogP contribution in [0.4, 0.5) is 10.1 Å². The van der Waals surface area contributed by atoms with Crippen molar-refractivity contribution in [3.63, 3.8) is 0 Å². The number of carboxylic acid groups (broad SMARTS) is 1. The molecular formula is C19H14BrFN2O5. The molecule has 0 aliphatic carbocycles. The first-order valence-electron chi connectivity index (χ1n) is 8.40. The van der Waals surface area contributed by atoms with Crippen LogP contribution in [0.5, 0.6) is 5.75 Å². The molecule has 0 bridgehead atoms. The molecule has 2 aromatic carbocycles. The first-order valence-corrected chi connectivity index (χ1v) is 9.19. The number of hydrogen-bond donors (Lipinski definition) is 3. The summed E-state index contributed by atoms with van der Waals surface area (Å²) in [4.78, 5) is 38.7. The molecule has 0 unspecified atom stereocenters. The van der Waals surface area contributed by atoms with Crippen molar-refractivity contribution in [3.05, 3.63) is 58.3 Å². The van der Waals surface area contributed by atoms with Crippen LogP contribution < -0.4 is 10.2 Å². The van der Waals surface area contributed by atoms with Crippen molar-refractivity contribution in [3.8, 4) is 5.75 Å². The minimum absolute atomic E-state index is 0.119. The van der Waals surface area contributed by atoms with Gasteiger partial charge in [0.2, 0.25) is 11.8 Å². The van der Waals surface area contributed by atoms with Gasteiger partial charge in [-0.1, -0.05) is 15.9 Å². The summed E-state index contributed by atoms with van der Waals surface area (Å²) in [5.74, 6) is -5.33. The SMILES string of the molecule is O=C(O)[C@@H]1N[C@H](c2cc(Br)ccc2O)[C@@H]2C(=O)N(c3ccc(F)cc3)C(=O)[C@H]21. The number of imide groups is 1. The number of aromatic hydroxyl groups is 1. The Kier molecular flexibility index (Phi) is 4.43. The van der Waals surface area contributed by atoms with E-state index >= 15 is 0 Å². The third-order valence-electron chi connectivity index (χ3n) is 5.15. The molecule has 7 nitrogen and oxygen atoms in total. The zero-order valence-corrected chi connectivity index (χ0v) is 15.8. The Morgan fingerprint density at radius 2 is 1.71 bits per heavy atom. The fraction of sp³-hybridized carbons (Fsp3) is 0.211. The molecule has 28 heavy (non-hydrogen) atoms. The quantitative estimate of drug-likeness (QED) is 0.621. The molecule has 4 rings (SSSR count). The van der Waals surface area contributed by atoms with Crippen LogP contribution in [0.1, 0.15) is 11.6 Å².